The number of imidazole rings is 1. The molecule has 0 amide bonds. The van der Waals surface area contributed by atoms with E-state index in [4.69, 9.17) is 22.3 Å². The molecule has 2 aromatic carbocycles. The van der Waals surface area contributed by atoms with Crippen molar-refractivity contribution in [2.24, 2.45) is 0 Å². The molecule has 3 rings (SSSR count). The first kappa shape index (κ1) is 14.0. The zero-order valence-corrected chi connectivity index (χ0v) is 12.8. The van der Waals surface area contributed by atoms with E-state index in [0.717, 1.165) is 47.0 Å². The van der Waals surface area contributed by atoms with Crippen LogP contribution in [-0.4, -0.2) is 9.55 Å². The van der Waals surface area contributed by atoms with Gasteiger partial charge in [-0.05, 0) is 36.2 Å². The van der Waals surface area contributed by atoms with Gasteiger partial charge in [-0.3, -0.25) is 0 Å². The average molecular weight is 300 g/mol. The largest absolute Gasteiger partial charge is 0.399 e. The smallest absolute Gasteiger partial charge is 0.114 e. The molecule has 0 saturated carbocycles. The second kappa shape index (κ2) is 5.78. The van der Waals surface area contributed by atoms with E-state index in [1.807, 2.05) is 42.5 Å². The first-order valence-corrected chi connectivity index (χ1v) is 7.55. The lowest BCUT2D eigenvalue weighted by atomic mass is 10.1. The van der Waals surface area contributed by atoms with E-state index in [-0.39, 0.29) is 0 Å². The molecule has 4 heteroatoms. The minimum atomic E-state index is 0.761. The van der Waals surface area contributed by atoms with Gasteiger partial charge in [0.05, 0.1) is 16.1 Å². The van der Waals surface area contributed by atoms with Gasteiger partial charge in [0, 0.05) is 18.7 Å². The number of hydrogen-bond donors (Lipinski definition) is 1. The minimum absolute atomic E-state index is 0.761. The number of fused-ring (bicyclic) bond motifs is 1. The van der Waals surface area contributed by atoms with Crippen molar-refractivity contribution >= 4 is 28.3 Å². The second-order valence-corrected chi connectivity index (χ2v) is 5.61. The SMILES string of the molecule is CCCn1c(Cc2ccc(N)cc2)nc2cccc(Cl)c21. The quantitative estimate of drug-likeness (QED) is 0.731. The van der Waals surface area contributed by atoms with Gasteiger partial charge in [-0.15, -0.1) is 0 Å². The number of nitrogens with zero attached hydrogens (tertiary/aromatic N) is 2. The summed E-state index contributed by atoms with van der Waals surface area (Å²) < 4.78 is 2.23. The third-order valence-electron chi connectivity index (χ3n) is 3.59. The van der Waals surface area contributed by atoms with Crippen molar-refractivity contribution < 1.29 is 0 Å². The summed E-state index contributed by atoms with van der Waals surface area (Å²) in [6.45, 7) is 3.08. The van der Waals surface area contributed by atoms with Crippen molar-refractivity contribution in [3.63, 3.8) is 0 Å². The summed E-state index contributed by atoms with van der Waals surface area (Å²) in [6.07, 6.45) is 1.83. The topological polar surface area (TPSA) is 43.8 Å². The molecule has 108 valence electrons. The Bertz CT molecular complexity index is 760. The molecule has 3 aromatic rings. The lowest BCUT2D eigenvalue weighted by molar-refractivity contribution is 0.664. The molecule has 0 unspecified atom stereocenters. The maximum atomic E-state index is 6.36. The van der Waals surface area contributed by atoms with Gasteiger partial charge in [0.2, 0.25) is 0 Å². The standard InChI is InChI=1S/C17H18ClN3/c1-2-10-21-16(11-12-6-8-13(19)9-7-12)20-15-5-3-4-14(18)17(15)21/h3-9H,2,10-11,19H2,1H3. The van der Waals surface area contributed by atoms with Crippen LogP contribution < -0.4 is 5.73 Å². The first-order valence-electron chi connectivity index (χ1n) is 7.17. The van der Waals surface area contributed by atoms with Crippen LogP contribution in [0, 0.1) is 0 Å². The number of nitrogen functional groups attached to an aromatic ring is 1. The molecule has 0 aliphatic heterocycles. The van der Waals surface area contributed by atoms with Crippen molar-refractivity contribution in [2.45, 2.75) is 26.3 Å². The molecular formula is C17H18ClN3. The molecule has 0 aliphatic carbocycles. The third kappa shape index (κ3) is 2.74. The van der Waals surface area contributed by atoms with E-state index in [9.17, 15) is 0 Å². The number of nitrogens with two attached hydrogens (primary N) is 1. The Morgan fingerprint density at radius 3 is 2.62 bits per heavy atom. The van der Waals surface area contributed by atoms with E-state index in [1.54, 1.807) is 0 Å². The van der Waals surface area contributed by atoms with Crippen molar-refractivity contribution in [1.29, 1.82) is 0 Å². The third-order valence-corrected chi connectivity index (χ3v) is 3.89. The van der Waals surface area contributed by atoms with Gasteiger partial charge in [0.25, 0.3) is 0 Å². The summed E-state index contributed by atoms with van der Waals surface area (Å²) >= 11 is 6.36. The molecule has 1 heterocycles. The lowest BCUT2D eigenvalue weighted by Gasteiger charge is -2.09. The Hall–Kier alpha value is -2.00. The van der Waals surface area contributed by atoms with Gasteiger partial charge < -0.3 is 10.3 Å². The van der Waals surface area contributed by atoms with Crippen molar-refractivity contribution in [2.75, 3.05) is 5.73 Å². The molecule has 2 N–H and O–H groups in total. The highest BCUT2D eigenvalue weighted by Crippen LogP contribution is 2.26. The van der Waals surface area contributed by atoms with Crippen LogP contribution in [0.5, 0.6) is 0 Å². The average Bonchev–Trinajstić information content (AvgIpc) is 2.81. The molecule has 0 radical (unpaired) electrons. The number of halogens is 1. The molecule has 3 nitrogen and oxygen atoms in total. The maximum Gasteiger partial charge on any atom is 0.114 e. The number of anilines is 1. The van der Waals surface area contributed by atoms with Crippen molar-refractivity contribution in [3.05, 3.63) is 58.9 Å². The van der Waals surface area contributed by atoms with E-state index in [2.05, 4.69) is 11.5 Å². The number of para-hydroxylation sites is 1. The summed E-state index contributed by atoms with van der Waals surface area (Å²) in [5, 5.41) is 0.761. The highest BCUT2D eigenvalue weighted by Gasteiger charge is 2.13. The molecule has 0 fully saturated rings. The number of benzene rings is 2. The van der Waals surface area contributed by atoms with Crippen molar-refractivity contribution in [3.8, 4) is 0 Å². The normalized spacial score (nSPS) is 11.1. The summed E-state index contributed by atoms with van der Waals surface area (Å²) in [5.41, 5.74) is 9.72. The monoisotopic (exact) mass is 299 g/mol. The van der Waals surface area contributed by atoms with Crippen LogP contribution in [0.3, 0.4) is 0 Å². The maximum absolute atomic E-state index is 6.36. The van der Waals surface area contributed by atoms with Crippen LogP contribution >= 0.6 is 11.6 Å². The number of rotatable bonds is 4. The van der Waals surface area contributed by atoms with E-state index >= 15 is 0 Å². The van der Waals surface area contributed by atoms with Gasteiger partial charge in [-0.2, -0.15) is 0 Å². The van der Waals surface area contributed by atoms with Crippen molar-refractivity contribution in [1.82, 2.24) is 9.55 Å². The van der Waals surface area contributed by atoms with Gasteiger partial charge in [-0.25, -0.2) is 4.98 Å². The molecule has 0 bridgehead atoms. The van der Waals surface area contributed by atoms with Crippen LogP contribution in [0.1, 0.15) is 24.7 Å². The highest BCUT2D eigenvalue weighted by molar-refractivity contribution is 6.35. The van der Waals surface area contributed by atoms with Gasteiger partial charge in [0.15, 0.2) is 0 Å². The Morgan fingerprint density at radius 2 is 1.90 bits per heavy atom. The highest BCUT2D eigenvalue weighted by atomic mass is 35.5. The zero-order chi connectivity index (χ0) is 14.8. The van der Waals surface area contributed by atoms with E-state index in [0.29, 0.717) is 0 Å². The number of aryl methyl sites for hydroxylation is 1. The number of hydrogen-bond acceptors (Lipinski definition) is 2. The van der Waals surface area contributed by atoms with Gasteiger partial charge >= 0.3 is 0 Å². The molecular weight excluding hydrogens is 282 g/mol. The lowest BCUT2D eigenvalue weighted by Crippen LogP contribution is -2.04. The molecule has 0 atom stereocenters. The van der Waals surface area contributed by atoms with Crippen LogP contribution in [0.4, 0.5) is 5.69 Å². The molecule has 0 spiro atoms. The summed E-state index contributed by atoms with van der Waals surface area (Å²) in [7, 11) is 0. The summed E-state index contributed by atoms with van der Waals surface area (Å²) in [6, 6.07) is 13.8. The first-order chi connectivity index (χ1) is 10.2. The zero-order valence-electron chi connectivity index (χ0n) is 12.0. The number of aromatic nitrogens is 2. The Labute approximate surface area is 129 Å². The van der Waals surface area contributed by atoms with Crippen LogP contribution in [-0.2, 0) is 13.0 Å². The molecule has 0 aliphatic rings. The summed E-state index contributed by atoms with van der Waals surface area (Å²) in [5.74, 6) is 1.05. The predicted molar refractivity (Wildman–Crippen MR) is 88.7 cm³/mol. The summed E-state index contributed by atoms with van der Waals surface area (Å²) in [4.78, 5) is 4.76. The minimum Gasteiger partial charge on any atom is -0.399 e. The molecule has 1 aromatic heterocycles. The van der Waals surface area contributed by atoms with Gasteiger partial charge in [-0.1, -0.05) is 36.7 Å². The van der Waals surface area contributed by atoms with Crippen LogP contribution in [0.2, 0.25) is 5.02 Å². The van der Waals surface area contributed by atoms with E-state index in [1.165, 1.54) is 5.56 Å². The Balaban J connectivity index is 2.06. The second-order valence-electron chi connectivity index (χ2n) is 5.21. The molecule has 21 heavy (non-hydrogen) atoms. The Kier molecular flexibility index (Phi) is 3.84. The Morgan fingerprint density at radius 1 is 1.14 bits per heavy atom. The van der Waals surface area contributed by atoms with Gasteiger partial charge in [0.1, 0.15) is 5.82 Å². The van der Waals surface area contributed by atoms with E-state index < -0.39 is 0 Å². The fourth-order valence-corrected chi connectivity index (χ4v) is 2.88. The fraction of sp³-hybridized carbons (Fsp3) is 0.235. The molecule has 0 saturated heterocycles. The van der Waals surface area contributed by atoms with Crippen LogP contribution in [0.15, 0.2) is 42.5 Å². The van der Waals surface area contributed by atoms with Crippen LogP contribution in [0.25, 0.3) is 11.0 Å². The fourth-order valence-electron chi connectivity index (χ4n) is 2.61. The predicted octanol–water partition coefficient (Wildman–Crippen LogP) is 4.27.